The van der Waals surface area contributed by atoms with Gasteiger partial charge in [0.2, 0.25) is 5.91 Å². The number of carbonyl (C=O) groups is 1. The highest BCUT2D eigenvalue weighted by Crippen LogP contribution is 2.25. The summed E-state index contributed by atoms with van der Waals surface area (Å²) < 4.78 is 14.2. The maximum Gasteiger partial charge on any atom is 0.227 e. The summed E-state index contributed by atoms with van der Waals surface area (Å²) >= 11 is 0. The van der Waals surface area contributed by atoms with Gasteiger partial charge in [-0.05, 0) is 36.6 Å². The number of fused-ring (bicyclic) bond motifs is 1. The molecule has 0 fully saturated rings. The average Bonchev–Trinajstić information content (AvgIpc) is 2.41. The molecule has 5 heteroatoms. The van der Waals surface area contributed by atoms with Gasteiger partial charge in [0.05, 0.1) is 5.69 Å². The fraction of sp³-hybridized carbons (Fsp3) is 0.500. The highest BCUT2D eigenvalue weighted by atomic mass is 35.5. The zero-order valence-corrected chi connectivity index (χ0v) is 12.1. The van der Waals surface area contributed by atoms with Crippen LogP contribution in [0, 0.1) is 11.7 Å². The van der Waals surface area contributed by atoms with Crippen LogP contribution >= 0.6 is 12.4 Å². The van der Waals surface area contributed by atoms with Crippen molar-refractivity contribution in [2.45, 2.75) is 33.2 Å². The Labute approximate surface area is 119 Å². The molecule has 0 aromatic heterocycles. The molecule has 2 rings (SSSR count). The van der Waals surface area contributed by atoms with Gasteiger partial charge >= 0.3 is 0 Å². The Kier molecular flexibility index (Phi) is 5.76. The minimum Gasteiger partial charge on any atom is -0.323 e. The van der Waals surface area contributed by atoms with Crippen molar-refractivity contribution < 1.29 is 9.18 Å². The third kappa shape index (κ3) is 3.45. The average molecular weight is 287 g/mol. The number of benzene rings is 1. The third-order valence-electron chi connectivity index (χ3n) is 3.53. The Morgan fingerprint density at radius 3 is 2.95 bits per heavy atom. The highest BCUT2D eigenvalue weighted by Gasteiger charge is 2.18. The molecule has 1 amide bonds. The van der Waals surface area contributed by atoms with E-state index in [0.717, 1.165) is 24.1 Å². The maximum atomic E-state index is 14.2. The van der Waals surface area contributed by atoms with Crippen molar-refractivity contribution in [2.24, 2.45) is 5.92 Å². The monoisotopic (exact) mass is 286 g/mol. The molecule has 3 nitrogen and oxygen atoms in total. The summed E-state index contributed by atoms with van der Waals surface area (Å²) in [5.41, 5.74) is 2.02. The summed E-state index contributed by atoms with van der Waals surface area (Å²) in [5, 5.41) is 5.88. The quantitative estimate of drug-likeness (QED) is 0.897. The van der Waals surface area contributed by atoms with E-state index in [1.54, 1.807) is 6.07 Å². The lowest BCUT2D eigenvalue weighted by Crippen LogP contribution is -2.26. The molecule has 1 unspecified atom stereocenters. The van der Waals surface area contributed by atoms with Gasteiger partial charge in [0.15, 0.2) is 0 Å². The molecule has 106 valence electrons. The van der Waals surface area contributed by atoms with E-state index in [9.17, 15) is 9.18 Å². The van der Waals surface area contributed by atoms with Crippen LogP contribution in [0.15, 0.2) is 12.1 Å². The molecule has 1 heterocycles. The topological polar surface area (TPSA) is 41.1 Å². The van der Waals surface area contributed by atoms with Crippen molar-refractivity contribution >= 4 is 24.0 Å². The second-order valence-electron chi connectivity index (χ2n) is 4.79. The van der Waals surface area contributed by atoms with Crippen molar-refractivity contribution in [3.63, 3.8) is 0 Å². The van der Waals surface area contributed by atoms with Crippen LogP contribution in [0.3, 0.4) is 0 Å². The fourth-order valence-corrected chi connectivity index (χ4v) is 2.07. The summed E-state index contributed by atoms with van der Waals surface area (Å²) in [6.07, 6.45) is 1.43. The molecule has 1 aromatic rings. The number of nitrogens with one attached hydrogen (secondary N) is 2. The fourth-order valence-electron chi connectivity index (χ4n) is 2.07. The van der Waals surface area contributed by atoms with E-state index in [1.165, 1.54) is 0 Å². The Bertz CT molecular complexity index is 465. The first-order valence-corrected chi connectivity index (χ1v) is 6.45. The Morgan fingerprint density at radius 1 is 1.53 bits per heavy atom. The molecular formula is C14H20ClFN2O. The lowest BCUT2D eigenvalue weighted by Gasteiger charge is -2.20. The van der Waals surface area contributed by atoms with Crippen LogP contribution in [-0.4, -0.2) is 12.5 Å². The van der Waals surface area contributed by atoms with E-state index in [-0.39, 0.29) is 30.0 Å². The molecule has 1 aromatic carbocycles. The highest BCUT2D eigenvalue weighted by molar-refractivity contribution is 5.92. The SMILES string of the molecule is CCC(C)C(=O)Nc1ccc2c(c1F)CCNC2.Cl. The van der Waals surface area contributed by atoms with Gasteiger partial charge in [-0.3, -0.25) is 4.79 Å². The second-order valence-corrected chi connectivity index (χ2v) is 4.79. The zero-order valence-electron chi connectivity index (χ0n) is 11.3. The van der Waals surface area contributed by atoms with Crippen molar-refractivity contribution in [1.29, 1.82) is 0 Å². The van der Waals surface area contributed by atoms with Gasteiger partial charge in [-0.15, -0.1) is 12.4 Å². The Hall–Kier alpha value is -1.13. The van der Waals surface area contributed by atoms with Crippen molar-refractivity contribution in [1.82, 2.24) is 5.32 Å². The number of carbonyl (C=O) groups excluding carboxylic acids is 1. The molecule has 19 heavy (non-hydrogen) atoms. The molecule has 1 atom stereocenters. The summed E-state index contributed by atoms with van der Waals surface area (Å²) in [6.45, 7) is 5.27. The first-order chi connectivity index (χ1) is 8.63. The first kappa shape index (κ1) is 15.9. The number of rotatable bonds is 3. The molecule has 2 N–H and O–H groups in total. The van der Waals surface area contributed by atoms with Crippen molar-refractivity contribution in [2.75, 3.05) is 11.9 Å². The maximum absolute atomic E-state index is 14.2. The molecule has 0 aliphatic carbocycles. The smallest absolute Gasteiger partial charge is 0.227 e. The minimum absolute atomic E-state index is 0. The first-order valence-electron chi connectivity index (χ1n) is 6.45. The van der Waals surface area contributed by atoms with Gasteiger partial charge in [-0.1, -0.05) is 19.9 Å². The van der Waals surface area contributed by atoms with Crippen LogP contribution in [0.1, 0.15) is 31.4 Å². The number of hydrogen-bond donors (Lipinski definition) is 2. The van der Waals surface area contributed by atoms with E-state index in [4.69, 9.17) is 0 Å². The van der Waals surface area contributed by atoms with E-state index >= 15 is 0 Å². The molecule has 1 aliphatic rings. The minimum atomic E-state index is -0.273. The predicted octanol–water partition coefficient (Wildman–Crippen LogP) is 2.88. The van der Waals surface area contributed by atoms with Gasteiger partial charge < -0.3 is 10.6 Å². The normalized spacial score (nSPS) is 15.1. The van der Waals surface area contributed by atoms with Crippen molar-refractivity contribution in [3.8, 4) is 0 Å². The van der Waals surface area contributed by atoms with E-state index in [1.807, 2.05) is 19.9 Å². The van der Waals surface area contributed by atoms with Crippen LogP contribution < -0.4 is 10.6 Å². The third-order valence-corrected chi connectivity index (χ3v) is 3.53. The van der Waals surface area contributed by atoms with Crippen LogP contribution in [0.25, 0.3) is 0 Å². The summed E-state index contributed by atoms with van der Waals surface area (Å²) in [4.78, 5) is 11.8. The van der Waals surface area contributed by atoms with Crippen LogP contribution in [0.2, 0.25) is 0 Å². The summed E-state index contributed by atoms with van der Waals surface area (Å²) in [6, 6.07) is 3.54. The lowest BCUT2D eigenvalue weighted by molar-refractivity contribution is -0.119. The standard InChI is InChI=1S/C14H19FN2O.ClH/c1-3-9(2)14(18)17-12-5-4-10-8-16-7-6-11(10)13(12)15;/h4-5,9,16H,3,6-8H2,1-2H3,(H,17,18);1H. The Balaban J connectivity index is 0.00000180. The second kappa shape index (κ2) is 6.87. The molecule has 0 radical (unpaired) electrons. The van der Waals surface area contributed by atoms with Gasteiger partial charge in [0.1, 0.15) is 5.82 Å². The molecule has 0 spiro atoms. The van der Waals surface area contributed by atoms with Gasteiger partial charge in [0, 0.05) is 12.5 Å². The zero-order chi connectivity index (χ0) is 13.1. The summed E-state index contributed by atoms with van der Waals surface area (Å²) in [7, 11) is 0. The summed E-state index contributed by atoms with van der Waals surface area (Å²) in [5.74, 6) is -0.488. The molecular weight excluding hydrogens is 267 g/mol. The predicted molar refractivity (Wildman–Crippen MR) is 77.1 cm³/mol. The van der Waals surface area contributed by atoms with Crippen molar-refractivity contribution in [3.05, 3.63) is 29.1 Å². The molecule has 0 bridgehead atoms. The van der Waals surface area contributed by atoms with E-state index < -0.39 is 0 Å². The number of hydrogen-bond acceptors (Lipinski definition) is 2. The lowest BCUT2D eigenvalue weighted by atomic mass is 9.99. The number of anilines is 1. The van der Waals surface area contributed by atoms with Gasteiger partial charge in [0.25, 0.3) is 0 Å². The van der Waals surface area contributed by atoms with Crippen LogP contribution in [0.4, 0.5) is 10.1 Å². The van der Waals surface area contributed by atoms with Crippen LogP contribution in [-0.2, 0) is 17.8 Å². The van der Waals surface area contributed by atoms with E-state index in [0.29, 0.717) is 18.7 Å². The molecule has 0 saturated heterocycles. The van der Waals surface area contributed by atoms with E-state index in [2.05, 4.69) is 10.6 Å². The number of halogens is 2. The largest absolute Gasteiger partial charge is 0.323 e. The van der Waals surface area contributed by atoms with Crippen LogP contribution in [0.5, 0.6) is 0 Å². The van der Waals surface area contributed by atoms with Gasteiger partial charge in [-0.2, -0.15) is 0 Å². The Morgan fingerprint density at radius 2 is 2.26 bits per heavy atom. The number of amides is 1. The van der Waals surface area contributed by atoms with Gasteiger partial charge in [-0.25, -0.2) is 4.39 Å². The molecule has 0 saturated carbocycles. The molecule has 1 aliphatic heterocycles.